The Bertz CT molecular complexity index is 674. The number of hydrogen-bond donors (Lipinski definition) is 1. The van der Waals surface area contributed by atoms with Gasteiger partial charge in [-0.05, 0) is 43.9 Å². The molecular weight excluding hydrogens is 362 g/mol. The van der Waals surface area contributed by atoms with Gasteiger partial charge in [-0.15, -0.1) is 18.8 Å². The fourth-order valence-corrected chi connectivity index (χ4v) is 4.96. The van der Waals surface area contributed by atoms with Gasteiger partial charge in [0.15, 0.2) is 11.5 Å². The minimum absolute atomic E-state index is 0. The van der Waals surface area contributed by atoms with Crippen molar-refractivity contribution in [1.82, 2.24) is 4.90 Å². The van der Waals surface area contributed by atoms with Gasteiger partial charge < -0.3 is 14.6 Å². The molecule has 2 fully saturated rings. The lowest BCUT2D eigenvalue weighted by molar-refractivity contribution is -0.0999. The largest absolute Gasteiger partial charge is 0.493 e. The van der Waals surface area contributed by atoms with Crippen LogP contribution in [0.1, 0.15) is 44.6 Å². The van der Waals surface area contributed by atoms with Crippen molar-refractivity contribution in [2.45, 2.75) is 63.1 Å². The quantitative estimate of drug-likeness (QED) is 0.775. The lowest BCUT2D eigenvalue weighted by Gasteiger charge is -2.53. The van der Waals surface area contributed by atoms with Gasteiger partial charge in [-0.3, -0.25) is 4.90 Å². The van der Waals surface area contributed by atoms with Gasteiger partial charge in [0, 0.05) is 31.0 Å². The summed E-state index contributed by atoms with van der Waals surface area (Å²) >= 11 is 0. The van der Waals surface area contributed by atoms with Gasteiger partial charge in [-0.2, -0.15) is 0 Å². The number of rotatable bonds is 5. The van der Waals surface area contributed by atoms with Gasteiger partial charge >= 0.3 is 0 Å². The van der Waals surface area contributed by atoms with Gasteiger partial charge in [0.05, 0.1) is 14.2 Å². The molecule has 27 heavy (non-hydrogen) atoms. The standard InChI is InChI=1S/C22H31NO3.ClH/c1-5-22(24)15-16(2)23(19-9-7-6-8-18(19)22)13-12-17-10-11-20(25-3)21(14-17)26-4;/h1,10-11,14,16,18-19,24H,6-9,12-13,15H2,2-4H3;1H/t16-,18-,19-,22-;/m1./s1. The van der Waals surface area contributed by atoms with Crippen LogP contribution in [-0.4, -0.2) is 48.5 Å². The minimum atomic E-state index is -0.940. The molecule has 0 spiro atoms. The van der Waals surface area contributed by atoms with Crippen LogP contribution in [0.4, 0.5) is 0 Å². The number of hydrogen-bond acceptors (Lipinski definition) is 4. The fourth-order valence-electron chi connectivity index (χ4n) is 4.96. The number of halogens is 1. The van der Waals surface area contributed by atoms with Gasteiger partial charge in [0.25, 0.3) is 0 Å². The highest BCUT2D eigenvalue weighted by atomic mass is 35.5. The van der Waals surface area contributed by atoms with Crippen molar-refractivity contribution < 1.29 is 14.6 Å². The van der Waals surface area contributed by atoms with Gasteiger partial charge in [0.1, 0.15) is 5.60 Å². The van der Waals surface area contributed by atoms with Gasteiger partial charge in [-0.25, -0.2) is 0 Å². The molecule has 3 rings (SSSR count). The summed E-state index contributed by atoms with van der Waals surface area (Å²) in [7, 11) is 3.32. The molecule has 1 aromatic rings. The Morgan fingerprint density at radius 2 is 1.93 bits per heavy atom. The molecule has 1 aliphatic heterocycles. The zero-order chi connectivity index (χ0) is 18.7. The molecule has 1 heterocycles. The normalized spacial score (nSPS) is 30.6. The number of ether oxygens (including phenoxy) is 2. The summed E-state index contributed by atoms with van der Waals surface area (Å²) in [6, 6.07) is 6.80. The molecule has 4 nitrogen and oxygen atoms in total. The van der Waals surface area contributed by atoms with Crippen LogP contribution in [0.5, 0.6) is 11.5 Å². The van der Waals surface area contributed by atoms with E-state index in [4.69, 9.17) is 15.9 Å². The second-order valence-corrected chi connectivity index (χ2v) is 7.76. The first-order chi connectivity index (χ1) is 12.5. The molecule has 5 heteroatoms. The highest BCUT2D eigenvalue weighted by Crippen LogP contribution is 2.43. The maximum Gasteiger partial charge on any atom is 0.160 e. The maximum atomic E-state index is 11.0. The average Bonchev–Trinajstić information content (AvgIpc) is 2.67. The third-order valence-electron chi connectivity index (χ3n) is 6.30. The minimum Gasteiger partial charge on any atom is -0.493 e. The SMILES string of the molecule is C#C[C@@]1(O)C[C@@H](C)N(CCc2ccc(OC)c(OC)c2)[C@@H]2CCCC[C@H]21.Cl. The van der Waals surface area contributed by atoms with Crippen LogP contribution in [0.15, 0.2) is 18.2 Å². The Morgan fingerprint density at radius 1 is 1.22 bits per heavy atom. The van der Waals surface area contributed by atoms with E-state index in [1.54, 1.807) is 14.2 Å². The Morgan fingerprint density at radius 3 is 2.59 bits per heavy atom. The third-order valence-corrected chi connectivity index (χ3v) is 6.30. The first-order valence-corrected chi connectivity index (χ1v) is 9.69. The van der Waals surface area contributed by atoms with E-state index in [-0.39, 0.29) is 24.4 Å². The first kappa shape index (κ1) is 21.9. The number of piperidine rings is 1. The number of nitrogens with zero attached hydrogens (tertiary/aromatic N) is 1. The van der Waals surface area contributed by atoms with E-state index in [9.17, 15) is 5.11 Å². The Balaban J connectivity index is 0.00000261. The molecular formula is C22H32ClNO3. The van der Waals surface area contributed by atoms with E-state index in [2.05, 4.69) is 29.9 Å². The topological polar surface area (TPSA) is 41.9 Å². The number of aliphatic hydroxyl groups is 1. The molecule has 2 aliphatic rings. The molecule has 1 aromatic carbocycles. The predicted octanol–water partition coefficient (Wildman–Crippen LogP) is 3.69. The molecule has 0 amide bonds. The Kier molecular flexibility index (Phi) is 7.45. The molecule has 0 aromatic heterocycles. The van der Waals surface area contributed by atoms with Crippen LogP contribution < -0.4 is 9.47 Å². The van der Waals surface area contributed by atoms with Crippen LogP contribution >= 0.6 is 12.4 Å². The van der Waals surface area contributed by atoms with Crippen molar-refractivity contribution in [3.05, 3.63) is 23.8 Å². The number of methoxy groups -OCH3 is 2. The van der Waals surface area contributed by atoms with E-state index in [0.29, 0.717) is 12.5 Å². The van der Waals surface area contributed by atoms with Crippen molar-refractivity contribution >= 4 is 12.4 Å². The van der Waals surface area contributed by atoms with Crippen molar-refractivity contribution in [2.24, 2.45) is 5.92 Å². The van der Waals surface area contributed by atoms with Gasteiger partial charge in [0.2, 0.25) is 0 Å². The molecule has 0 bridgehead atoms. The lowest BCUT2D eigenvalue weighted by Crippen LogP contribution is -2.61. The number of terminal acetylenes is 1. The summed E-state index contributed by atoms with van der Waals surface area (Å²) in [5.74, 6) is 4.46. The van der Waals surface area contributed by atoms with Crippen molar-refractivity contribution in [3.63, 3.8) is 0 Å². The van der Waals surface area contributed by atoms with E-state index in [0.717, 1.165) is 37.3 Å². The summed E-state index contributed by atoms with van der Waals surface area (Å²) in [5, 5.41) is 11.0. The van der Waals surface area contributed by atoms with Crippen molar-refractivity contribution in [3.8, 4) is 23.8 Å². The van der Waals surface area contributed by atoms with E-state index in [1.807, 2.05) is 6.07 Å². The second kappa shape index (κ2) is 9.19. The van der Waals surface area contributed by atoms with Crippen molar-refractivity contribution in [2.75, 3.05) is 20.8 Å². The molecule has 4 atom stereocenters. The number of likely N-dealkylation sites (tertiary alicyclic amines) is 1. The fraction of sp³-hybridized carbons (Fsp3) is 0.636. The summed E-state index contributed by atoms with van der Waals surface area (Å²) in [6.07, 6.45) is 11.9. The lowest BCUT2D eigenvalue weighted by atomic mass is 9.67. The zero-order valence-electron chi connectivity index (χ0n) is 16.6. The Labute approximate surface area is 169 Å². The first-order valence-electron chi connectivity index (χ1n) is 9.69. The molecule has 1 aliphatic carbocycles. The summed E-state index contributed by atoms with van der Waals surface area (Å²) < 4.78 is 10.8. The van der Waals surface area contributed by atoms with E-state index in [1.165, 1.54) is 18.4 Å². The van der Waals surface area contributed by atoms with Crippen LogP contribution in [0.3, 0.4) is 0 Å². The van der Waals surface area contributed by atoms with Crippen LogP contribution in [0, 0.1) is 18.3 Å². The molecule has 1 saturated heterocycles. The highest BCUT2D eigenvalue weighted by molar-refractivity contribution is 5.85. The second-order valence-electron chi connectivity index (χ2n) is 7.76. The van der Waals surface area contributed by atoms with E-state index < -0.39 is 5.60 Å². The molecule has 0 radical (unpaired) electrons. The predicted molar refractivity (Wildman–Crippen MR) is 111 cm³/mol. The number of fused-ring (bicyclic) bond motifs is 1. The molecule has 150 valence electrons. The molecule has 1 N–H and O–H groups in total. The van der Waals surface area contributed by atoms with Crippen LogP contribution in [0.2, 0.25) is 0 Å². The number of benzene rings is 1. The Hall–Kier alpha value is -1.41. The summed E-state index contributed by atoms with van der Waals surface area (Å²) in [4.78, 5) is 2.58. The monoisotopic (exact) mass is 393 g/mol. The molecule has 0 unspecified atom stereocenters. The van der Waals surface area contributed by atoms with Crippen molar-refractivity contribution in [1.29, 1.82) is 0 Å². The third kappa shape index (κ3) is 4.37. The van der Waals surface area contributed by atoms with Gasteiger partial charge in [-0.1, -0.05) is 24.8 Å². The highest BCUT2D eigenvalue weighted by Gasteiger charge is 2.49. The average molecular weight is 394 g/mol. The summed E-state index contributed by atoms with van der Waals surface area (Å²) in [5.41, 5.74) is 0.296. The smallest absolute Gasteiger partial charge is 0.160 e. The van der Waals surface area contributed by atoms with Crippen LogP contribution in [-0.2, 0) is 6.42 Å². The van der Waals surface area contributed by atoms with Crippen LogP contribution in [0.25, 0.3) is 0 Å². The molecule has 1 saturated carbocycles. The van der Waals surface area contributed by atoms with E-state index >= 15 is 0 Å². The maximum absolute atomic E-state index is 11.0. The zero-order valence-corrected chi connectivity index (χ0v) is 17.4. The summed E-state index contributed by atoms with van der Waals surface area (Å²) in [6.45, 7) is 3.17.